The Morgan fingerprint density at radius 3 is 2.74 bits per heavy atom. The Labute approximate surface area is 189 Å². The van der Waals surface area contributed by atoms with Crippen LogP contribution in [0.15, 0.2) is 58.8 Å². The molecule has 1 N–H and O–H groups in total. The number of thiazole rings is 1. The first-order chi connectivity index (χ1) is 15.2. The Morgan fingerprint density at radius 2 is 1.97 bits per heavy atom. The summed E-state index contributed by atoms with van der Waals surface area (Å²) in [5, 5.41) is 14.5. The molecule has 1 saturated heterocycles. The third-order valence-corrected chi connectivity index (χ3v) is 6.82. The standard InChI is InChI=1S/C23H22N4O2S2/c24-13-17-5-7-18(8-6-17)15-30-21-4-2-1-3-20(21)22(28)26-23-25-19(16-31-23)14-27-9-11-29-12-10-27/h1-8,16H,9-12,14-15H2,(H,25,26,28). The molecule has 1 aliphatic heterocycles. The summed E-state index contributed by atoms with van der Waals surface area (Å²) in [5.41, 5.74) is 3.34. The number of ether oxygens (including phenoxy) is 1. The van der Waals surface area contributed by atoms with Crippen molar-refractivity contribution < 1.29 is 9.53 Å². The minimum atomic E-state index is -0.157. The van der Waals surface area contributed by atoms with Crippen molar-refractivity contribution in [2.24, 2.45) is 0 Å². The van der Waals surface area contributed by atoms with E-state index >= 15 is 0 Å². The van der Waals surface area contributed by atoms with Crippen LogP contribution in [0.3, 0.4) is 0 Å². The highest BCUT2D eigenvalue weighted by Crippen LogP contribution is 2.27. The minimum absolute atomic E-state index is 0.157. The van der Waals surface area contributed by atoms with Crippen LogP contribution in [0, 0.1) is 11.3 Å². The van der Waals surface area contributed by atoms with Crippen LogP contribution >= 0.6 is 23.1 Å². The van der Waals surface area contributed by atoms with Crippen molar-refractivity contribution in [2.45, 2.75) is 17.2 Å². The molecular formula is C23H22N4O2S2. The highest BCUT2D eigenvalue weighted by molar-refractivity contribution is 7.98. The first kappa shape index (κ1) is 21.5. The van der Waals surface area contributed by atoms with Gasteiger partial charge in [-0.25, -0.2) is 4.98 Å². The van der Waals surface area contributed by atoms with Gasteiger partial charge in [0.25, 0.3) is 5.91 Å². The van der Waals surface area contributed by atoms with Gasteiger partial charge in [0.2, 0.25) is 0 Å². The third kappa shape index (κ3) is 5.93. The van der Waals surface area contributed by atoms with Crippen LogP contribution in [0.4, 0.5) is 5.13 Å². The summed E-state index contributed by atoms with van der Waals surface area (Å²) in [5.74, 6) is 0.562. The molecule has 2 aromatic carbocycles. The molecule has 8 heteroatoms. The zero-order valence-corrected chi connectivity index (χ0v) is 18.5. The maximum atomic E-state index is 12.9. The summed E-state index contributed by atoms with van der Waals surface area (Å²) < 4.78 is 5.38. The second kappa shape index (κ2) is 10.6. The highest BCUT2D eigenvalue weighted by Gasteiger charge is 2.16. The lowest BCUT2D eigenvalue weighted by atomic mass is 10.2. The number of hydrogen-bond acceptors (Lipinski definition) is 7. The molecule has 158 valence electrons. The number of thioether (sulfide) groups is 1. The van der Waals surface area contributed by atoms with Crippen molar-refractivity contribution in [3.05, 3.63) is 76.3 Å². The number of carbonyl (C=O) groups is 1. The molecule has 1 aliphatic rings. The second-order valence-corrected chi connectivity index (χ2v) is 8.96. The van der Waals surface area contributed by atoms with Gasteiger partial charge in [0.05, 0.1) is 36.1 Å². The van der Waals surface area contributed by atoms with Crippen molar-refractivity contribution in [1.82, 2.24) is 9.88 Å². The molecule has 4 rings (SSSR count). The molecule has 0 bridgehead atoms. The van der Waals surface area contributed by atoms with Gasteiger partial charge in [-0.2, -0.15) is 5.26 Å². The number of amides is 1. The van der Waals surface area contributed by atoms with Gasteiger partial charge in [0, 0.05) is 35.7 Å². The van der Waals surface area contributed by atoms with Crippen molar-refractivity contribution in [2.75, 3.05) is 31.6 Å². The summed E-state index contributed by atoms with van der Waals surface area (Å²) in [4.78, 5) is 20.7. The van der Waals surface area contributed by atoms with Crippen molar-refractivity contribution >= 4 is 34.1 Å². The maximum absolute atomic E-state index is 12.9. The second-order valence-electron chi connectivity index (χ2n) is 7.08. The van der Waals surface area contributed by atoms with E-state index in [1.807, 2.05) is 53.9 Å². The molecule has 0 radical (unpaired) electrons. The van der Waals surface area contributed by atoms with E-state index in [2.05, 4.69) is 21.3 Å². The molecule has 31 heavy (non-hydrogen) atoms. The van der Waals surface area contributed by atoms with Gasteiger partial charge in [-0.15, -0.1) is 23.1 Å². The maximum Gasteiger partial charge on any atom is 0.258 e. The summed E-state index contributed by atoms with van der Waals surface area (Å²) in [7, 11) is 0. The highest BCUT2D eigenvalue weighted by atomic mass is 32.2. The van der Waals surface area contributed by atoms with Crippen molar-refractivity contribution in [3.63, 3.8) is 0 Å². The molecule has 2 heterocycles. The van der Waals surface area contributed by atoms with E-state index in [1.165, 1.54) is 11.3 Å². The van der Waals surface area contributed by atoms with Gasteiger partial charge >= 0.3 is 0 Å². The van der Waals surface area contributed by atoms with Crippen LogP contribution in [0.5, 0.6) is 0 Å². The number of carbonyl (C=O) groups excluding carboxylic acids is 1. The summed E-state index contributed by atoms with van der Waals surface area (Å²) in [6.07, 6.45) is 0. The van der Waals surface area contributed by atoms with E-state index in [0.717, 1.165) is 54.8 Å². The number of morpholine rings is 1. The molecule has 1 fully saturated rings. The molecule has 0 unspecified atom stereocenters. The van der Waals surface area contributed by atoms with Gasteiger partial charge in [-0.05, 0) is 29.8 Å². The Bertz CT molecular complexity index is 1070. The predicted octanol–water partition coefficient (Wildman–Crippen LogP) is 4.39. The number of anilines is 1. The lowest BCUT2D eigenvalue weighted by Gasteiger charge is -2.25. The lowest BCUT2D eigenvalue weighted by Crippen LogP contribution is -2.35. The molecule has 6 nitrogen and oxygen atoms in total. The Hall–Kier alpha value is -2.70. The van der Waals surface area contributed by atoms with E-state index in [4.69, 9.17) is 10.00 Å². The normalized spacial score (nSPS) is 14.2. The van der Waals surface area contributed by atoms with Crippen LogP contribution < -0.4 is 5.32 Å². The number of aromatic nitrogens is 1. The Morgan fingerprint density at radius 1 is 1.19 bits per heavy atom. The first-order valence-corrected chi connectivity index (χ1v) is 11.8. The summed E-state index contributed by atoms with van der Waals surface area (Å²) in [6, 6.07) is 17.2. The molecule has 0 saturated carbocycles. The predicted molar refractivity (Wildman–Crippen MR) is 123 cm³/mol. The van der Waals surface area contributed by atoms with Gasteiger partial charge in [-0.3, -0.25) is 15.0 Å². The van der Waals surface area contributed by atoms with Crippen LogP contribution in [-0.2, 0) is 17.0 Å². The fourth-order valence-corrected chi connectivity index (χ4v) is 4.91. The lowest BCUT2D eigenvalue weighted by molar-refractivity contribution is 0.0337. The first-order valence-electron chi connectivity index (χ1n) is 9.98. The smallest absolute Gasteiger partial charge is 0.258 e. The molecule has 0 spiro atoms. The van der Waals surface area contributed by atoms with Crippen LogP contribution in [0.25, 0.3) is 0 Å². The zero-order valence-electron chi connectivity index (χ0n) is 16.9. The topological polar surface area (TPSA) is 78.2 Å². The zero-order chi connectivity index (χ0) is 21.5. The minimum Gasteiger partial charge on any atom is -0.379 e. The van der Waals surface area contributed by atoms with E-state index in [9.17, 15) is 4.79 Å². The van der Waals surface area contributed by atoms with Crippen molar-refractivity contribution in [1.29, 1.82) is 5.26 Å². The molecular weight excluding hydrogens is 428 g/mol. The van der Waals surface area contributed by atoms with Gasteiger partial charge in [0.15, 0.2) is 5.13 Å². The van der Waals surface area contributed by atoms with Gasteiger partial charge in [-0.1, -0.05) is 24.3 Å². The van der Waals surface area contributed by atoms with E-state index < -0.39 is 0 Å². The molecule has 1 aromatic heterocycles. The Kier molecular flexibility index (Phi) is 7.33. The summed E-state index contributed by atoms with van der Waals surface area (Å²) in [6.45, 7) is 4.09. The van der Waals surface area contributed by atoms with Crippen LogP contribution in [-0.4, -0.2) is 42.1 Å². The molecule has 3 aromatic rings. The average Bonchev–Trinajstić information content (AvgIpc) is 3.25. The number of nitrogens with one attached hydrogen (secondary N) is 1. The average molecular weight is 451 g/mol. The molecule has 0 atom stereocenters. The van der Waals surface area contributed by atoms with E-state index in [1.54, 1.807) is 11.8 Å². The Balaban J connectivity index is 1.38. The fourth-order valence-electron chi connectivity index (χ4n) is 3.21. The van der Waals surface area contributed by atoms with Gasteiger partial charge in [0.1, 0.15) is 0 Å². The SMILES string of the molecule is N#Cc1ccc(CSc2ccccc2C(=O)Nc2nc(CN3CCOCC3)cs2)cc1. The van der Waals surface area contributed by atoms with Crippen molar-refractivity contribution in [3.8, 4) is 6.07 Å². The monoisotopic (exact) mass is 450 g/mol. The van der Waals surface area contributed by atoms with E-state index in [-0.39, 0.29) is 5.91 Å². The fraction of sp³-hybridized carbons (Fsp3) is 0.261. The quantitative estimate of drug-likeness (QED) is 0.538. The van der Waals surface area contributed by atoms with E-state index in [0.29, 0.717) is 16.3 Å². The van der Waals surface area contributed by atoms with Gasteiger partial charge < -0.3 is 4.74 Å². The third-order valence-electron chi connectivity index (χ3n) is 4.87. The summed E-state index contributed by atoms with van der Waals surface area (Å²) >= 11 is 3.05. The van der Waals surface area contributed by atoms with Crippen LogP contribution in [0.1, 0.15) is 27.2 Å². The number of rotatable bonds is 7. The number of nitrogens with zero attached hydrogens (tertiary/aromatic N) is 3. The number of benzene rings is 2. The van der Waals surface area contributed by atoms with Crippen LogP contribution in [0.2, 0.25) is 0 Å². The molecule has 0 aliphatic carbocycles. The number of hydrogen-bond donors (Lipinski definition) is 1. The largest absolute Gasteiger partial charge is 0.379 e. The number of nitriles is 1. The molecule has 1 amide bonds.